The number of nitrogens with one attached hydrogen (secondary N) is 4. The van der Waals surface area contributed by atoms with E-state index in [1.165, 1.54) is 0 Å². The maximum Gasteiger partial charge on any atom is 0.269 e. The van der Waals surface area contributed by atoms with Crippen molar-refractivity contribution in [3.8, 4) is 0 Å². The van der Waals surface area contributed by atoms with Crippen LogP contribution in [-0.4, -0.2) is 68.2 Å². The number of H-pyrrole nitrogens is 2. The Morgan fingerprint density at radius 2 is 1.17 bits per heavy atom. The molecule has 2 aromatic heterocycles. The van der Waals surface area contributed by atoms with Gasteiger partial charge < -0.3 is 31.0 Å². The van der Waals surface area contributed by atoms with E-state index >= 15 is 0 Å². The van der Waals surface area contributed by atoms with Gasteiger partial charge in [0, 0.05) is 80.6 Å². The molecule has 0 spiro atoms. The van der Waals surface area contributed by atoms with Gasteiger partial charge in [0.1, 0.15) is 11.4 Å². The highest BCUT2D eigenvalue weighted by atomic mass is 79.9. The van der Waals surface area contributed by atoms with E-state index in [4.69, 9.17) is 0 Å². The summed E-state index contributed by atoms with van der Waals surface area (Å²) in [6.07, 6.45) is 5.59. The number of nitrogens with zero attached hydrogens (tertiary/aromatic N) is 2. The molecule has 0 fully saturated rings. The van der Waals surface area contributed by atoms with E-state index in [9.17, 15) is 20.0 Å². The van der Waals surface area contributed by atoms with Crippen LogP contribution in [0, 0.1) is 0 Å². The van der Waals surface area contributed by atoms with E-state index < -0.39 is 11.8 Å². The monoisotopic (exact) mass is 736 g/mol. The third-order valence-electron chi connectivity index (χ3n) is 6.40. The van der Waals surface area contributed by atoms with Crippen LogP contribution in [0.15, 0.2) is 68.0 Å². The Bertz CT molecular complexity index is 1490. The van der Waals surface area contributed by atoms with Crippen molar-refractivity contribution in [3.63, 3.8) is 0 Å². The van der Waals surface area contributed by atoms with Crippen molar-refractivity contribution in [2.75, 3.05) is 24.6 Å². The molecule has 0 saturated heterocycles. The number of benzene rings is 2. The van der Waals surface area contributed by atoms with Crippen LogP contribution in [0.4, 0.5) is 0 Å². The van der Waals surface area contributed by atoms with Gasteiger partial charge in [0.2, 0.25) is 0 Å². The predicted molar refractivity (Wildman–Crippen MR) is 178 cm³/mol. The molecule has 0 saturated carbocycles. The van der Waals surface area contributed by atoms with Crippen molar-refractivity contribution in [2.45, 2.75) is 25.7 Å². The van der Waals surface area contributed by atoms with Crippen LogP contribution in [0.5, 0.6) is 0 Å². The quantitative estimate of drug-likeness (QED) is 0.0289. The Labute approximate surface area is 267 Å². The van der Waals surface area contributed by atoms with Crippen LogP contribution in [0.25, 0.3) is 21.8 Å². The minimum Gasteiger partial charge on any atom is -0.410 e. The molecular weight excluding hydrogens is 708 g/mol. The average molecular weight is 739 g/mol. The Morgan fingerprint density at radius 3 is 1.57 bits per heavy atom. The molecule has 4 rings (SSSR count). The summed E-state index contributed by atoms with van der Waals surface area (Å²) in [5.74, 6) is 0.889. The topological polar surface area (TPSA) is 155 Å². The van der Waals surface area contributed by atoms with Crippen molar-refractivity contribution in [1.82, 2.24) is 20.6 Å². The van der Waals surface area contributed by atoms with Gasteiger partial charge in [0.05, 0.1) is 0 Å². The van der Waals surface area contributed by atoms with Gasteiger partial charge in [-0.05, 0) is 60.4 Å². The lowest BCUT2D eigenvalue weighted by Gasteiger charge is -2.07. The van der Waals surface area contributed by atoms with E-state index in [1.54, 1.807) is 21.6 Å². The number of rotatable bonds is 15. The van der Waals surface area contributed by atoms with Crippen LogP contribution in [-0.2, 0) is 22.4 Å². The summed E-state index contributed by atoms with van der Waals surface area (Å²) in [6.45, 7) is 0.940. The van der Waals surface area contributed by atoms with Crippen LogP contribution in [0.3, 0.4) is 0 Å². The maximum atomic E-state index is 12.5. The molecular formula is C28H30Br2N6O4S2. The van der Waals surface area contributed by atoms with Crippen molar-refractivity contribution < 1.29 is 20.0 Å². The normalized spacial score (nSPS) is 12.2. The van der Waals surface area contributed by atoms with Gasteiger partial charge in [-0.25, -0.2) is 0 Å². The summed E-state index contributed by atoms with van der Waals surface area (Å²) >= 11 is 6.92. The van der Waals surface area contributed by atoms with Crippen LogP contribution < -0.4 is 10.6 Å². The summed E-state index contributed by atoms with van der Waals surface area (Å²) in [4.78, 5) is 31.3. The fraction of sp³-hybridized carbons (Fsp3) is 0.286. The molecule has 2 aromatic carbocycles. The first-order valence-electron chi connectivity index (χ1n) is 13.1. The first-order valence-corrected chi connectivity index (χ1v) is 17.2. The van der Waals surface area contributed by atoms with E-state index in [-0.39, 0.29) is 24.3 Å². The number of aromatic amines is 2. The van der Waals surface area contributed by atoms with Crippen molar-refractivity contribution in [2.24, 2.45) is 10.3 Å². The second-order valence-corrected chi connectivity index (χ2v) is 13.9. The summed E-state index contributed by atoms with van der Waals surface area (Å²) in [6, 6.07) is 11.7. The molecule has 14 heteroatoms. The first kappa shape index (κ1) is 32.0. The SMILES string of the molecule is O=C(NCCCSSCCCNC(=O)/C(Cc1c[nH]c2ccc(Br)cc12)=N/O)/C(Cc1c[nH]c2ccc(Br)cc12)=N/O. The van der Waals surface area contributed by atoms with E-state index in [0.29, 0.717) is 13.1 Å². The molecule has 42 heavy (non-hydrogen) atoms. The molecule has 0 aliphatic heterocycles. The van der Waals surface area contributed by atoms with Crippen molar-refractivity contribution >= 4 is 98.5 Å². The number of hydrogen-bond donors (Lipinski definition) is 6. The summed E-state index contributed by atoms with van der Waals surface area (Å²) in [5.41, 5.74) is 3.76. The number of oxime groups is 2. The summed E-state index contributed by atoms with van der Waals surface area (Å²) in [5, 5.41) is 32.8. The molecule has 222 valence electrons. The lowest BCUT2D eigenvalue weighted by atomic mass is 10.1. The summed E-state index contributed by atoms with van der Waals surface area (Å²) in [7, 11) is 3.39. The highest BCUT2D eigenvalue weighted by molar-refractivity contribution is 9.10. The van der Waals surface area contributed by atoms with Gasteiger partial charge in [-0.15, -0.1) is 0 Å². The van der Waals surface area contributed by atoms with Gasteiger partial charge in [-0.2, -0.15) is 0 Å². The highest BCUT2D eigenvalue weighted by Crippen LogP contribution is 2.25. The van der Waals surface area contributed by atoms with Crippen molar-refractivity contribution in [3.05, 3.63) is 68.9 Å². The zero-order chi connectivity index (χ0) is 29.9. The molecule has 0 aliphatic carbocycles. The second-order valence-electron chi connectivity index (χ2n) is 9.32. The van der Waals surface area contributed by atoms with Gasteiger partial charge in [-0.1, -0.05) is 63.8 Å². The number of halogens is 2. The molecule has 6 N–H and O–H groups in total. The molecule has 2 amide bonds. The lowest BCUT2D eigenvalue weighted by Crippen LogP contribution is -2.33. The van der Waals surface area contributed by atoms with Crippen LogP contribution >= 0.6 is 53.4 Å². The minimum absolute atomic E-state index is 0.0591. The minimum atomic E-state index is -0.390. The lowest BCUT2D eigenvalue weighted by molar-refractivity contribution is -0.115. The Balaban J connectivity index is 1.07. The molecule has 10 nitrogen and oxygen atoms in total. The van der Waals surface area contributed by atoms with Crippen LogP contribution in [0.2, 0.25) is 0 Å². The summed E-state index contributed by atoms with van der Waals surface area (Å²) < 4.78 is 1.86. The number of amides is 2. The Morgan fingerprint density at radius 1 is 0.738 bits per heavy atom. The Kier molecular flexibility index (Phi) is 12.2. The third kappa shape index (κ3) is 8.79. The van der Waals surface area contributed by atoms with E-state index in [1.807, 2.05) is 48.8 Å². The molecule has 0 bridgehead atoms. The molecule has 0 aliphatic rings. The smallest absolute Gasteiger partial charge is 0.269 e. The highest BCUT2D eigenvalue weighted by Gasteiger charge is 2.17. The number of carbonyl (C=O) groups excluding carboxylic acids is 2. The first-order chi connectivity index (χ1) is 20.4. The molecule has 0 radical (unpaired) electrons. The number of carbonyl (C=O) groups is 2. The van der Waals surface area contributed by atoms with Gasteiger partial charge >= 0.3 is 0 Å². The Hall–Kier alpha value is -2.94. The zero-order valence-electron chi connectivity index (χ0n) is 22.5. The average Bonchev–Trinajstić information content (AvgIpc) is 3.57. The number of aromatic nitrogens is 2. The third-order valence-corrected chi connectivity index (χ3v) is 9.97. The zero-order valence-corrected chi connectivity index (χ0v) is 27.3. The van der Waals surface area contributed by atoms with E-state index in [0.717, 1.165) is 66.2 Å². The number of hydrogen-bond acceptors (Lipinski definition) is 8. The van der Waals surface area contributed by atoms with Gasteiger partial charge in [0.15, 0.2) is 0 Å². The fourth-order valence-corrected chi connectivity index (χ4v) is 7.16. The predicted octanol–water partition coefficient (Wildman–Crippen LogP) is 6.01. The van der Waals surface area contributed by atoms with E-state index in [2.05, 4.69) is 62.8 Å². The van der Waals surface area contributed by atoms with Crippen LogP contribution in [0.1, 0.15) is 24.0 Å². The molecule has 4 aromatic rings. The number of fused-ring (bicyclic) bond motifs is 2. The maximum absolute atomic E-state index is 12.5. The second kappa shape index (κ2) is 16.1. The molecule has 2 heterocycles. The molecule has 0 atom stereocenters. The fourth-order valence-electron chi connectivity index (χ4n) is 4.26. The largest absolute Gasteiger partial charge is 0.410 e. The molecule has 0 unspecified atom stereocenters. The van der Waals surface area contributed by atoms with Gasteiger partial charge in [-0.3, -0.25) is 9.59 Å². The van der Waals surface area contributed by atoms with Crippen molar-refractivity contribution in [1.29, 1.82) is 0 Å². The standard InChI is InChI=1S/C28H30Br2N6O4S2/c29-19-3-5-23-21(13-19)17(15-33-23)11-25(35-39)27(37)31-7-1-9-41-42-10-2-8-32-28(38)26(36-40)12-18-16-34-24-6-4-20(30)14-22(18)24/h3-6,13-16,33-34,39-40H,1-2,7-12H2,(H,31,37)(H,32,38)/b35-25+,36-26+. The van der Waals surface area contributed by atoms with Gasteiger partial charge in [0.25, 0.3) is 11.8 Å².